The number of ether oxygens (including phenoxy) is 1. The molecule has 0 atom stereocenters. The largest absolute Gasteiger partial charge is 0.442 e. The van der Waals surface area contributed by atoms with E-state index < -0.39 is 5.72 Å². The Balaban J connectivity index is 3.89. The average Bonchev–Trinajstić information content (AvgIpc) is 1.86. The van der Waals surface area contributed by atoms with Gasteiger partial charge in [0.2, 0.25) is 5.91 Å². The minimum atomic E-state index is -0.974. The lowest BCUT2D eigenvalue weighted by molar-refractivity contribution is -0.146. The van der Waals surface area contributed by atoms with Crippen LogP contribution in [0.1, 0.15) is 13.8 Å². The first-order valence-corrected chi connectivity index (χ1v) is 3.14. The van der Waals surface area contributed by atoms with Crippen LogP contribution in [-0.2, 0) is 14.3 Å². The van der Waals surface area contributed by atoms with E-state index in [-0.39, 0.29) is 18.9 Å². The van der Waals surface area contributed by atoms with Gasteiger partial charge in [0.25, 0.3) is 6.47 Å². The Bertz CT molecular complexity index is 156. The Hall–Kier alpha value is -1.10. The Labute approximate surface area is 64.9 Å². The summed E-state index contributed by atoms with van der Waals surface area (Å²) in [5.74, 6) is -0.364. The van der Waals surface area contributed by atoms with Crippen LogP contribution in [-0.4, -0.2) is 24.6 Å². The van der Waals surface area contributed by atoms with Gasteiger partial charge in [-0.3, -0.25) is 9.59 Å². The average molecular weight is 160 g/mol. The highest BCUT2D eigenvalue weighted by Crippen LogP contribution is 2.00. The molecule has 0 aromatic rings. The third kappa shape index (κ3) is 4.32. The summed E-state index contributed by atoms with van der Waals surface area (Å²) in [7, 11) is 0. The SMILES string of the molecule is CC(C)(NC(=O)CN)OC=O. The second kappa shape index (κ2) is 3.92. The van der Waals surface area contributed by atoms with Crippen molar-refractivity contribution >= 4 is 12.4 Å². The van der Waals surface area contributed by atoms with Gasteiger partial charge in [-0.25, -0.2) is 0 Å². The highest BCUT2D eigenvalue weighted by Gasteiger charge is 2.19. The van der Waals surface area contributed by atoms with Crippen LogP contribution >= 0.6 is 0 Å². The zero-order valence-corrected chi connectivity index (χ0v) is 6.59. The van der Waals surface area contributed by atoms with Gasteiger partial charge < -0.3 is 15.8 Å². The first-order valence-electron chi connectivity index (χ1n) is 3.14. The number of hydrogen-bond donors (Lipinski definition) is 2. The number of rotatable bonds is 4. The van der Waals surface area contributed by atoms with E-state index in [0.717, 1.165) is 0 Å². The van der Waals surface area contributed by atoms with Crippen LogP contribution in [0.3, 0.4) is 0 Å². The summed E-state index contributed by atoms with van der Waals surface area (Å²) >= 11 is 0. The Morgan fingerprint density at radius 3 is 2.64 bits per heavy atom. The van der Waals surface area contributed by atoms with Crippen LogP contribution in [0.4, 0.5) is 0 Å². The third-order valence-corrected chi connectivity index (χ3v) is 0.969. The van der Waals surface area contributed by atoms with Crippen molar-refractivity contribution in [2.45, 2.75) is 19.6 Å². The van der Waals surface area contributed by atoms with Gasteiger partial charge >= 0.3 is 0 Å². The fourth-order valence-corrected chi connectivity index (χ4v) is 0.537. The molecule has 0 spiro atoms. The molecule has 0 rings (SSSR count). The van der Waals surface area contributed by atoms with Gasteiger partial charge in [-0.05, 0) is 13.8 Å². The van der Waals surface area contributed by atoms with Crippen molar-refractivity contribution in [3.05, 3.63) is 0 Å². The van der Waals surface area contributed by atoms with Crippen LogP contribution in [0.5, 0.6) is 0 Å². The summed E-state index contributed by atoms with van der Waals surface area (Å²) in [6.07, 6.45) is 0. The van der Waals surface area contributed by atoms with Crippen LogP contribution in [0, 0.1) is 0 Å². The highest BCUT2D eigenvalue weighted by atomic mass is 16.6. The summed E-state index contributed by atoms with van der Waals surface area (Å²) in [6.45, 7) is 3.26. The van der Waals surface area contributed by atoms with Crippen molar-refractivity contribution in [3.63, 3.8) is 0 Å². The van der Waals surface area contributed by atoms with Gasteiger partial charge in [0.05, 0.1) is 6.54 Å². The van der Waals surface area contributed by atoms with Gasteiger partial charge in [0, 0.05) is 0 Å². The van der Waals surface area contributed by atoms with E-state index in [0.29, 0.717) is 0 Å². The molecule has 0 unspecified atom stereocenters. The summed E-state index contributed by atoms with van der Waals surface area (Å²) < 4.78 is 4.53. The predicted octanol–water partition coefficient (Wildman–Crippen LogP) is -1.03. The second-order valence-electron chi connectivity index (χ2n) is 2.48. The van der Waals surface area contributed by atoms with Crippen LogP contribution in [0.25, 0.3) is 0 Å². The topological polar surface area (TPSA) is 81.4 Å². The molecule has 0 saturated carbocycles. The maximum Gasteiger partial charge on any atom is 0.295 e. The predicted molar refractivity (Wildman–Crippen MR) is 38.4 cm³/mol. The molecule has 0 radical (unpaired) electrons. The van der Waals surface area contributed by atoms with Gasteiger partial charge in [-0.1, -0.05) is 0 Å². The highest BCUT2D eigenvalue weighted by molar-refractivity contribution is 5.78. The lowest BCUT2D eigenvalue weighted by Crippen LogP contribution is -2.47. The molecular formula is C6H12N2O3. The fourth-order valence-electron chi connectivity index (χ4n) is 0.537. The molecule has 5 heteroatoms. The summed E-state index contributed by atoms with van der Waals surface area (Å²) in [5.41, 5.74) is 4.05. The van der Waals surface area contributed by atoms with Gasteiger partial charge in [-0.15, -0.1) is 0 Å². The normalized spacial score (nSPS) is 10.5. The zero-order valence-electron chi connectivity index (χ0n) is 6.59. The molecule has 3 N–H and O–H groups in total. The summed E-state index contributed by atoms with van der Waals surface area (Å²) in [5, 5.41) is 2.39. The van der Waals surface area contributed by atoms with Crippen LogP contribution < -0.4 is 11.1 Å². The summed E-state index contributed by atoms with van der Waals surface area (Å²) in [6, 6.07) is 0. The van der Waals surface area contributed by atoms with Gasteiger partial charge in [0.1, 0.15) is 0 Å². The Kier molecular flexibility index (Phi) is 3.53. The molecule has 5 nitrogen and oxygen atoms in total. The molecule has 0 saturated heterocycles. The summed E-state index contributed by atoms with van der Waals surface area (Å²) in [4.78, 5) is 20.6. The number of nitrogens with two attached hydrogens (primary N) is 1. The van der Waals surface area contributed by atoms with Crippen molar-refractivity contribution in [2.24, 2.45) is 5.73 Å². The Morgan fingerprint density at radius 1 is 1.73 bits per heavy atom. The maximum absolute atomic E-state index is 10.7. The quantitative estimate of drug-likeness (QED) is 0.407. The number of hydrogen-bond acceptors (Lipinski definition) is 4. The number of carbonyl (C=O) groups is 2. The van der Waals surface area contributed by atoms with Crippen molar-refractivity contribution in [2.75, 3.05) is 6.54 Å². The second-order valence-corrected chi connectivity index (χ2v) is 2.48. The molecule has 0 aliphatic heterocycles. The van der Waals surface area contributed by atoms with E-state index in [9.17, 15) is 9.59 Å². The standard InChI is InChI=1S/C6H12N2O3/c1-6(2,11-4-9)8-5(10)3-7/h4H,3,7H2,1-2H3,(H,8,10). The molecule has 0 bridgehead atoms. The van der Waals surface area contributed by atoms with E-state index >= 15 is 0 Å². The first kappa shape index (κ1) is 9.90. The molecule has 0 aliphatic rings. The molecule has 0 aromatic carbocycles. The molecule has 64 valence electrons. The monoisotopic (exact) mass is 160 g/mol. The molecule has 0 fully saturated rings. The number of carbonyl (C=O) groups excluding carboxylic acids is 2. The molecule has 0 aliphatic carbocycles. The van der Waals surface area contributed by atoms with Crippen molar-refractivity contribution in [1.82, 2.24) is 5.32 Å². The fraction of sp³-hybridized carbons (Fsp3) is 0.667. The molecular weight excluding hydrogens is 148 g/mol. The van der Waals surface area contributed by atoms with Crippen molar-refractivity contribution in [3.8, 4) is 0 Å². The smallest absolute Gasteiger partial charge is 0.295 e. The third-order valence-electron chi connectivity index (χ3n) is 0.969. The van der Waals surface area contributed by atoms with Crippen molar-refractivity contribution < 1.29 is 14.3 Å². The minimum Gasteiger partial charge on any atom is -0.442 e. The molecule has 1 amide bonds. The van der Waals surface area contributed by atoms with E-state index in [2.05, 4.69) is 10.1 Å². The van der Waals surface area contributed by atoms with E-state index in [1.54, 1.807) is 13.8 Å². The lowest BCUT2D eigenvalue weighted by Gasteiger charge is -2.23. The Morgan fingerprint density at radius 2 is 2.27 bits per heavy atom. The number of nitrogens with one attached hydrogen (secondary N) is 1. The van der Waals surface area contributed by atoms with E-state index in [4.69, 9.17) is 5.73 Å². The van der Waals surface area contributed by atoms with E-state index in [1.165, 1.54) is 0 Å². The van der Waals surface area contributed by atoms with Crippen LogP contribution in [0.2, 0.25) is 0 Å². The van der Waals surface area contributed by atoms with Gasteiger partial charge in [0.15, 0.2) is 5.72 Å². The number of amides is 1. The van der Waals surface area contributed by atoms with Gasteiger partial charge in [-0.2, -0.15) is 0 Å². The van der Waals surface area contributed by atoms with Crippen LogP contribution in [0.15, 0.2) is 0 Å². The van der Waals surface area contributed by atoms with Crippen molar-refractivity contribution in [1.29, 1.82) is 0 Å². The minimum absolute atomic E-state index is 0.119. The molecule has 0 aromatic heterocycles. The van der Waals surface area contributed by atoms with E-state index in [1.807, 2.05) is 0 Å². The lowest BCUT2D eigenvalue weighted by atomic mass is 10.3. The molecule has 11 heavy (non-hydrogen) atoms. The zero-order chi connectivity index (χ0) is 8.91. The molecule has 0 heterocycles. The maximum atomic E-state index is 10.7. The first-order chi connectivity index (χ1) is 5.02.